The highest BCUT2D eigenvalue weighted by Gasteiger charge is 2.23. The number of carbonyl (C=O) groups is 2. The van der Waals surface area contributed by atoms with Crippen molar-refractivity contribution in [2.24, 2.45) is 0 Å². The van der Waals surface area contributed by atoms with Gasteiger partial charge in [-0.3, -0.25) is 24.4 Å². The molecule has 1 fully saturated rings. The van der Waals surface area contributed by atoms with Crippen LogP contribution >= 0.6 is 0 Å². The summed E-state index contributed by atoms with van der Waals surface area (Å²) in [6, 6.07) is 0.167. The fourth-order valence-corrected chi connectivity index (χ4v) is 2.76. The highest BCUT2D eigenvalue weighted by Crippen LogP contribution is 2.21. The molecule has 126 valence electrons. The van der Waals surface area contributed by atoms with Gasteiger partial charge in [-0.05, 0) is 26.7 Å². The summed E-state index contributed by atoms with van der Waals surface area (Å²) in [7, 11) is 0. The Hall–Kier alpha value is -2.45. The Morgan fingerprint density at radius 3 is 2.61 bits per heavy atom. The standard InChI is InChI=1S/C14H20N4O5/c1-9-14(18(21)22)10(2)17(16-9)7-13(20)23-8-12(19)15-11-5-3-4-6-11/h11H,3-8H2,1-2H3,(H,15,19). The molecule has 1 heterocycles. The molecule has 0 radical (unpaired) electrons. The predicted molar refractivity (Wildman–Crippen MR) is 79.7 cm³/mol. The second-order valence-electron chi connectivity index (χ2n) is 5.64. The molecular formula is C14H20N4O5. The highest BCUT2D eigenvalue weighted by molar-refractivity contribution is 5.80. The van der Waals surface area contributed by atoms with Gasteiger partial charge in [-0.2, -0.15) is 5.10 Å². The van der Waals surface area contributed by atoms with E-state index in [1.807, 2.05) is 0 Å². The fourth-order valence-electron chi connectivity index (χ4n) is 2.76. The molecule has 1 aliphatic carbocycles. The van der Waals surface area contributed by atoms with E-state index in [-0.39, 0.29) is 42.2 Å². The van der Waals surface area contributed by atoms with Gasteiger partial charge >= 0.3 is 11.7 Å². The first-order valence-corrected chi connectivity index (χ1v) is 7.52. The van der Waals surface area contributed by atoms with E-state index in [1.54, 1.807) is 0 Å². The average molecular weight is 324 g/mol. The maximum absolute atomic E-state index is 11.8. The monoisotopic (exact) mass is 324 g/mol. The van der Waals surface area contributed by atoms with Crippen LogP contribution in [0, 0.1) is 24.0 Å². The third-order valence-electron chi connectivity index (χ3n) is 3.89. The lowest BCUT2D eigenvalue weighted by Crippen LogP contribution is -2.36. The molecule has 0 unspecified atom stereocenters. The van der Waals surface area contributed by atoms with Crippen LogP contribution in [0.4, 0.5) is 5.69 Å². The van der Waals surface area contributed by atoms with Crippen molar-refractivity contribution in [3.05, 3.63) is 21.5 Å². The first-order chi connectivity index (χ1) is 10.9. The van der Waals surface area contributed by atoms with E-state index in [9.17, 15) is 19.7 Å². The Labute approximate surface area is 133 Å². The molecule has 9 nitrogen and oxygen atoms in total. The number of hydrogen-bond acceptors (Lipinski definition) is 6. The van der Waals surface area contributed by atoms with Gasteiger partial charge < -0.3 is 10.1 Å². The van der Waals surface area contributed by atoms with Crippen LogP contribution in [0.3, 0.4) is 0 Å². The lowest BCUT2D eigenvalue weighted by molar-refractivity contribution is -0.386. The fraction of sp³-hybridized carbons (Fsp3) is 0.643. The Kier molecular flexibility index (Phi) is 5.30. The molecule has 2 rings (SSSR count). The van der Waals surface area contributed by atoms with Crippen molar-refractivity contribution in [1.29, 1.82) is 0 Å². The first kappa shape index (κ1) is 16.9. The highest BCUT2D eigenvalue weighted by atomic mass is 16.6. The number of carbonyl (C=O) groups excluding carboxylic acids is 2. The zero-order chi connectivity index (χ0) is 17.0. The zero-order valence-electron chi connectivity index (χ0n) is 13.2. The summed E-state index contributed by atoms with van der Waals surface area (Å²) in [5, 5.41) is 17.7. The molecule has 1 saturated carbocycles. The number of hydrogen-bond donors (Lipinski definition) is 1. The number of rotatable bonds is 6. The minimum absolute atomic E-state index is 0.114. The lowest BCUT2D eigenvalue weighted by atomic mass is 10.2. The minimum Gasteiger partial charge on any atom is -0.454 e. The van der Waals surface area contributed by atoms with Crippen LogP contribution in [0.15, 0.2) is 0 Å². The van der Waals surface area contributed by atoms with E-state index in [1.165, 1.54) is 18.5 Å². The Morgan fingerprint density at radius 1 is 1.39 bits per heavy atom. The summed E-state index contributed by atoms with van der Waals surface area (Å²) in [6.45, 7) is 2.40. The van der Waals surface area contributed by atoms with Crippen molar-refractivity contribution in [2.45, 2.75) is 52.1 Å². The topological polar surface area (TPSA) is 116 Å². The molecule has 1 amide bonds. The number of aromatic nitrogens is 2. The van der Waals surface area contributed by atoms with Crippen LogP contribution < -0.4 is 5.32 Å². The zero-order valence-corrected chi connectivity index (χ0v) is 13.2. The maximum atomic E-state index is 11.8. The molecule has 9 heteroatoms. The molecule has 0 bridgehead atoms. The number of nitrogens with one attached hydrogen (secondary N) is 1. The molecule has 1 aliphatic rings. The second-order valence-corrected chi connectivity index (χ2v) is 5.64. The van der Waals surface area contributed by atoms with E-state index in [4.69, 9.17) is 4.74 Å². The van der Waals surface area contributed by atoms with Crippen LogP contribution in [0.5, 0.6) is 0 Å². The summed E-state index contributed by atoms with van der Waals surface area (Å²) in [5.41, 5.74) is 0.399. The summed E-state index contributed by atoms with van der Waals surface area (Å²) in [4.78, 5) is 33.8. The Balaban J connectivity index is 1.84. The van der Waals surface area contributed by atoms with Crippen molar-refractivity contribution >= 4 is 17.6 Å². The molecule has 0 aromatic carbocycles. The van der Waals surface area contributed by atoms with Gasteiger partial charge in [0.2, 0.25) is 0 Å². The third kappa shape index (κ3) is 4.27. The Bertz CT molecular complexity index is 619. The average Bonchev–Trinajstić information content (AvgIpc) is 3.05. The summed E-state index contributed by atoms with van der Waals surface area (Å²) >= 11 is 0. The van der Waals surface area contributed by atoms with Crippen molar-refractivity contribution in [3.63, 3.8) is 0 Å². The SMILES string of the molecule is Cc1nn(CC(=O)OCC(=O)NC2CCCC2)c(C)c1[N+](=O)[O-]. The van der Waals surface area contributed by atoms with Crippen molar-refractivity contribution in [1.82, 2.24) is 15.1 Å². The summed E-state index contributed by atoms with van der Waals surface area (Å²) in [5.74, 6) is -0.989. The van der Waals surface area contributed by atoms with Crippen LogP contribution in [-0.4, -0.2) is 39.2 Å². The van der Waals surface area contributed by atoms with Gasteiger partial charge in [0.25, 0.3) is 5.91 Å². The smallest absolute Gasteiger partial charge is 0.328 e. The molecule has 0 saturated heterocycles. The molecule has 23 heavy (non-hydrogen) atoms. The van der Waals surface area contributed by atoms with Crippen molar-refractivity contribution < 1.29 is 19.2 Å². The number of nitrogens with zero attached hydrogens (tertiary/aromatic N) is 3. The molecule has 1 aromatic heterocycles. The summed E-state index contributed by atoms with van der Waals surface area (Å²) in [6.07, 6.45) is 4.10. The first-order valence-electron chi connectivity index (χ1n) is 7.52. The van der Waals surface area contributed by atoms with Crippen LogP contribution in [0.2, 0.25) is 0 Å². The molecule has 0 aliphatic heterocycles. The molecule has 0 spiro atoms. The minimum atomic E-state index is -0.660. The van der Waals surface area contributed by atoms with Crippen LogP contribution in [0.1, 0.15) is 37.1 Å². The lowest BCUT2D eigenvalue weighted by Gasteiger charge is -2.12. The van der Waals surface area contributed by atoms with Gasteiger partial charge in [0.15, 0.2) is 6.61 Å². The van der Waals surface area contributed by atoms with Gasteiger partial charge in [0, 0.05) is 6.04 Å². The molecule has 0 atom stereocenters. The van der Waals surface area contributed by atoms with E-state index in [0.717, 1.165) is 25.7 Å². The quantitative estimate of drug-likeness (QED) is 0.474. The van der Waals surface area contributed by atoms with Gasteiger partial charge in [0.1, 0.15) is 17.9 Å². The van der Waals surface area contributed by atoms with E-state index in [0.29, 0.717) is 0 Å². The molecule has 1 N–H and O–H groups in total. The van der Waals surface area contributed by atoms with Gasteiger partial charge in [-0.1, -0.05) is 12.8 Å². The third-order valence-corrected chi connectivity index (χ3v) is 3.89. The maximum Gasteiger partial charge on any atom is 0.328 e. The van der Waals surface area contributed by atoms with Crippen molar-refractivity contribution in [2.75, 3.05) is 6.61 Å². The molecular weight excluding hydrogens is 304 g/mol. The van der Waals surface area contributed by atoms with Gasteiger partial charge in [-0.25, -0.2) is 0 Å². The predicted octanol–water partition coefficient (Wildman–Crippen LogP) is 1.01. The number of nitro groups is 1. The normalized spacial score (nSPS) is 14.7. The number of esters is 1. The largest absolute Gasteiger partial charge is 0.454 e. The van der Waals surface area contributed by atoms with E-state index >= 15 is 0 Å². The van der Waals surface area contributed by atoms with Gasteiger partial charge in [-0.15, -0.1) is 0 Å². The van der Waals surface area contributed by atoms with Crippen LogP contribution in [-0.2, 0) is 20.9 Å². The number of ether oxygens (including phenoxy) is 1. The Morgan fingerprint density at radius 2 is 2.04 bits per heavy atom. The van der Waals surface area contributed by atoms with Crippen molar-refractivity contribution in [3.8, 4) is 0 Å². The van der Waals surface area contributed by atoms with Gasteiger partial charge in [0.05, 0.1) is 4.92 Å². The van der Waals surface area contributed by atoms with Crippen LogP contribution in [0.25, 0.3) is 0 Å². The van der Waals surface area contributed by atoms with E-state index in [2.05, 4.69) is 10.4 Å². The summed E-state index contributed by atoms with van der Waals surface area (Å²) < 4.78 is 6.11. The number of amides is 1. The molecule has 1 aromatic rings. The van der Waals surface area contributed by atoms with E-state index < -0.39 is 10.9 Å². The number of aryl methyl sites for hydroxylation is 1. The second kappa shape index (κ2) is 7.21.